The van der Waals surface area contributed by atoms with Gasteiger partial charge in [0.25, 0.3) is 5.69 Å². The number of rotatable bonds is 7. The van der Waals surface area contributed by atoms with E-state index in [0.717, 1.165) is 17.3 Å². The number of benzene rings is 2. The highest BCUT2D eigenvalue weighted by Crippen LogP contribution is 2.26. The van der Waals surface area contributed by atoms with Crippen LogP contribution in [0.15, 0.2) is 47.4 Å². The van der Waals surface area contributed by atoms with Crippen LogP contribution in [0.5, 0.6) is 0 Å². The van der Waals surface area contributed by atoms with E-state index >= 15 is 0 Å². The lowest BCUT2D eigenvalue weighted by Gasteiger charge is -2.22. The van der Waals surface area contributed by atoms with Gasteiger partial charge in [-0.2, -0.15) is 4.31 Å². The van der Waals surface area contributed by atoms with Gasteiger partial charge in [-0.15, -0.1) is 0 Å². The summed E-state index contributed by atoms with van der Waals surface area (Å²) >= 11 is 0. The van der Waals surface area contributed by atoms with Crippen LogP contribution in [0.4, 0.5) is 11.4 Å². The van der Waals surface area contributed by atoms with Gasteiger partial charge in [0.15, 0.2) is 0 Å². The second-order valence-corrected chi connectivity index (χ2v) is 8.11. The molecule has 0 spiro atoms. The summed E-state index contributed by atoms with van der Waals surface area (Å²) in [5.74, 6) is 0. The van der Waals surface area contributed by atoms with Crippen molar-refractivity contribution in [3.8, 4) is 0 Å². The fourth-order valence-corrected chi connectivity index (χ4v) is 4.27. The smallest absolute Gasteiger partial charge is 0.270 e. The zero-order valence-electron chi connectivity index (χ0n) is 15.3. The van der Waals surface area contributed by atoms with Gasteiger partial charge < -0.3 is 4.90 Å². The van der Waals surface area contributed by atoms with E-state index in [0.29, 0.717) is 5.56 Å². The van der Waals surface area contributed by atoms with Crippen LogP contribution in [-0.4, -0.2) is 38.3 Å². The van der Waals surface area contributed by atoms with Crippen LogP contribution in [0.2, 0.25) is 0 Å². The van der Waals surface area contributed by atoms with E-state index in [-0.39, 0.29) is 23.7 Å². The highest BCUT2D eigenvalue weighted by molar-refractivity contribution is 7.89. The SMILES string of the molecule is CCN(Cc1ccc(N(C)C)cc1)S(=O)(=O)c1cc([N+](=O)[O-])ccc1C. The minimum Gasteiger partial charge on any atom is -0.378 e. The molecule has 0 aliphatic carbocycles. The lowest BCUT2D eigenvalue weighted by atomic mass is 10.2. The third-order valence-corrected chi connectivity index (χ3v) is 6.23. The van der Waals surface area contributed by atoms with Gasteiger partial charge in [-0.25, -0.2) is 8.42 Å². The third kappa shape index (κ3) is 4.20. The summed E-state index contributed by atoms with van der Waals surface area (Å²) in [4.78, 5) is 12.3. The van der Waals surface area contributed by atoms with Gasteiger partial charge in [0.2, 0.25) is 10.0 Å². The predicted octanol–water partition coefficient (Wildman–Crippen LogP) is 3.18. The number of aryl methyl sites for hydroxylation is 1. The third-order valence-electron chi connectivity index (χ3n) is 4.16. The lowest BCUT2D eigenvalue weighted by molar-refractivity contribution is -0.385. The molecule has 0 saturated heterocycles. The molecule has 2 rings (SSSR count). The monoisotopic (exact) mass is 377 g/mol. The highest BCUT2D eigenvalue weighted by Gasteiger charge is 2.27. The van der Waals surface area contributed by atoms with Crippen molar-refractivity contribution in [2.45, 2.75) is 25.3 Å². The summed E-state index contributed by atoms with van der Waals surface area (Å²) in [7, 11) is 0.0229. The molecular formula is C18H23N3O4S. The number of nitrogens with zero attached hydrogens (tertiary/aromatic N) is 3. The first-order valence-corrected chi connectivity index (χ1v) is 9.62. The fraction of sp³-hybridized carbons (Fsp3) is 0.333. The number of hydrogen-bond acceptors (Lipinski definition) is 5. The summed E-state index contributed by atoms with van der Waals surface area (Å²) < 4.78 is 27.4. The number of nitro benzene ring substituents is 1. The normalized spacial score (nSPS) is 11.6. The fourth-order valence-electron chi connectivity index (χ4n) is 2.59. The molecule has 2 aromatic rings. The van der Waals surface area contributed by atoms with E-state index in [2.05, 4.69) is 0 Å². The summed E-state index contributed by atoms with van der Waals surface area (Å²) in [6.07, 6.45) is 0. The van der Waals surface area contributed by atoms with Crippen LogP contribution in [0.1, 0.15) is 18.1 Å². The van der Waals surface area contributed by atoms with Crippen LogP contribution >= 0.6 is 0 Å². The quantitative estimate of drug-likeness (QED) is 0.547. The van der Waals surface area contributed by atoms with Crippen LogP contribution < -0.4 is 4.90 Å². The van der Waals surface area contributed by atoms with E-state index in [1.807, 2.05) is 43.3 Å². The van der Waals surface area contributed by atoms with Crippen molar-refractivity contribution in [3.05, 3.63) is 63.7 Å². The molecule has 26 heavy (non-hydrogen) atoms. The second kappa shape index (κ2) is 7.84. The molecule has 0 saturated carbocycles. The summed E-state index contributed by atoms with van der Waals surface area (Å²) in [5, 5.41) is 11.0. The van der Waals surface area contributed by atoms with Gasteiger partial charge in [-0.3, -0.25) is 10.1 Å². The zero-order valence-corrected chi connectivity index (χ0v) is 16.2. The molecule has 0 amide bonds. The van der Waals surface area contributed by atoms with Crippen LogP contribution in [0.3, 0.4) is 0 Å². The van der Waals surface area contributed by atoms with E-state index in [1.54, 1.807) is 13.8 Å². The van der Waals surface area contributed by atoms with Gasteiger partial charge in [0, 0.05) is 45.0 Å². The molecular weight excluding hydrogens is 354 g/mol. The molecule has 8 heteroatoms. The first-order chi connectivity index (χ1) is 12.2. The maximum atomic E-state index is 13.0. The minimum absolute atomic E-state index is 0.0292. The Morgan fingerprint density at radius 1 is 1.08 bits per heavy atom. The largest absolute Gasteiger partial charge is 0.378 e. The average molecular weight is 377 g/mol. The molecule has 0 bridgehead atoms. The molecule has 0 heterocycles. The average Bonchev–Trinajstić information content (AvgIpc) is 2.59. The van der Waals surface area contributed by atoms with Crippen molar-refractivity contribution in [3.63, 3.8) is 0 Å². The van der Waals surface area contributed by atoms with E-state index in [4.69, 9.17) is 0 Å². The second-order valence-electron chi connectivity index (χ2n) is 6.20. The summed E-state index contributed by atoms with van der Waals surface area (Å²) in [6.45, 7) is 3.85. The summed E-state index contributed by atoms with van der Waals surface area (Å²) in [6, 6.07) is 11.5. The van der Waals surface area contributed by atoms with Crippen molar-refractivity contribution in [2.75, 3.05) is 25.5 Å². The Bertz CT molecular complexity index is 893. The maximum absolute atomic E-state index is 13.0. The maximum Gasteiger partial charge on any atom is 0.270 e. The lowest BCUT2D eigenvalue weighted by Crippen LogP contribution is -2.31. The first-order valence-electron chi connectivity index (χ1n) is 8.18. The van der Waals surface area contributed by atoms with Gasteiger partial charge in [0.05, 0.1) is 9.82 Å². The number of nitro groups is 1. The molecule has 7 nitrogen and oxygen atoms in total. The van der Waals surface area contributed by atoms with Gasteiger partial charge in [0.1, 0.15) is 0 Å². The molecule has 0 N–H and O–H groups in total. The zero-order chi connectivity index (χ0) is 19.5. The molecule has 0 atom stereocenters. The Kier molecular flexibility index (Phi) is 5.99. The van der Waals surface area contributed by atoms with E-state index in [9.17, 15) is 18.5 Å². The number of hydrogen-bond donors (Lipinski definition) is 0. The molecule has 0 fully saturated rings. The van der Waals surface area contributed by atoms with Crippen molar-refractivity contribution in [1.29, 1.82) is 0 Å². The van der Waals surface area contributed by atoms with Gasteiger partial charge in [-0.05, 0) is 30.2 Å². The summed E-state index contributed by atoms with van der Waals surface area (Å²) in [5.41, 5.74) is 2.12. The minimum atomic E-state index is -3.84. The van der Waals surface area contributed by atoms with Gasteiger partial charge >= 0.3 is 0 Å². The van der Waals surface area contributed by atoms with Crippen molar-refractivity contribution >= 4 is 21.4 Å². The molecule has 140 valence electrons. The van der Waals surface area contributed by atoms with Crippen molar-refractivity contribution < 1.29 is 13.3 Å². The van der Waals surface area contributed by atoms with Crippen LogP contribution in [0.25, 0.3) is 0 Å². The van der Waals surface area contributed by atoms with Crippen molar-refractivity contribution in [1.82, 2.24) is 4.31 Å². The standard InChI is InChI=1S/C18H23N3O4S/c1-5-20(13-15-7-10-16(11-8-15)19(3)4)26(24,25)18-12-17(21(22)23)9-6-14(18)2/h6-12H,5,13H2,1-4H3. The Morgan fingerprint density at radius 2 is 1.69 bits per heavy atom. The molecule has 0 radical (unpaired) electrons. The first kappa shape index (κ1) is 19.9. The highest BCUT2D eigenvalue weighted by atomic mass is 32.2. The Morgan fingerprint density at radius 3 is 2.19 bits per heavy atom. The molecule has 0 aliphatic rings. The Balaban J connectivity index is 2.36. The number of anilines is 1. The Labute approximate surface area is 154 Å². The molecule has 0 unspecified atom stereocenters. The molecule has 0 aromatic heterocycles. The van der Waals surface area contributed by atoms with Gasteiger partial charge in [-0.1, -0.05) is 25.1 Å². The molecule has 2 aromatic carbocycles. The van der Waals surface area contributed by atoms with Crippen LogP contribution in [0, 0.1) is 17.0 Å². The molecule has 0 aliphatic heterocycles. The topological polar surface area (TPSA) is 83.8 Å². The van der Waals surface area contributed by atoms with E-state index in [1.165, 1.54) is 16.4 Å². The van der Waals surface area contributed by atoms with E-state index < -0.39 is 14.9 Å². The van der Waals surface area contributed by atoms with Crippen molar-refractivity contribution in [2.24, 2.45) is 0 Å². The number of non-ortho nitro benzene ring substituents is 1. The number of sulfonamides is 1. The predicted molar refractivity (Wildman–Crippen MR) is 102 cm³/mol. The van der Waals surface area contributed by atoms with Crippen LogP contribution in [-0.2, 0) is 16.6 Å². The Hall–Kier alpha value is -2.45.